The molecule has 2 N–H and O–H groups in total. The molecule has 1 saturated heterocycles. The third-order valence-electron chi connectivity index (χ3n) is 4.12. The molecular formula is C16H24N6O2. The van der Waals surface area contributed by atoms with Gasteiger partial charge >= 0.3 is 0 Å². The Hall–Kier alpha value is -2.35. The van der Waals surface area contributed by atoms with Crippen LogP contribution >= 0.6 is 0 Å². The van der Waals surface area contributed by atoms with Crippen LogP contribution in [0.3, 0.4) is 0 Å². The fraction of sp³-hybridized carbons (Fsp3) is 0.562. The largest absolute Gasteiger partial charge is 0.461 e. The molecule has 8 nitrogen and oxygen atoms in total. The summed E-state index contributed by atoms with van der Waals surface area (Å²) < 4.78 is 10.5. The molecule has 0 aromatic carbocycles. The lowest BCUT2D eigenvalue weighted by molar-refractivity contribution is 0.157. The molecule has 3 rings (SSSR count). The van der Waals surface area contributed by atoms with Crippen molar-refractivity contribution in [1.29, 1.82) is 0 Å². The Balaban J connectivity index is 1.47. The van der Waals surface area contributed by atoms with Gasteiger partial charge in [0.1, 0.15) is 5.82 Å². The fourth-order valence-corrected chi connectivity index (χ4v) is 2.94. The number of H-pyrrole nitrogens is 1. The van der Waals surface area contributed by atoms with Gasteiger partial charge in [0.25, 0.3) is 0 Å². The minimum Gasteiger partial charge on any atom is -0.461 e. The van der Waals surface area contributed by atoms with Gasteiger partial charge in [-0.1, -0.05) is 0 Å². The van der Waals surface area contributed by atoms with Crippen molar-refractivity contribution in [1.82, 2.24) is 25.4 Å². The van der Waals surface area contributed by atoms with Gasteiger partial charge in [-0.25, -0.2) is 4.98 Å². The predicted octanol–water partition coefficient (Wildman–Crippen LogP) is 1.15. The Morgan fingerprint density at radius 2 is 2.50 bits per heavy atom. The van der Waals surface area contributed by atoms with E-state index < -0.39 is 0 Å². The molecule has 24 heavy (non-hydrogen) atoms. The number of aromatic nitrogens is 3. The zero-order valence-electron chi connectivity index (χ0n) is 14.2. The number of likely N-dealkylation sites (tertiary alicyclic amines) is 1. The first-order chi connectivity index (χ1) is 11.8. The number of aromatic amines is 1. The number of ether oxygens (including phenoxy) is 1. The van der Waals surface area contributed by atoms with Crippen LogP contribution in [0.2, 0.25) is 0 Å². The molecule has 0 radical (unpaired) electrons. The van der Waals surface area contributed by atoms with Crippen molar-refractivity contribution in [2.75, 3.05) is 40.4 Å². The second-order valence-electron chi connectivity index (χ2n) is 5.86. The molecule has 130 valence electrons. The zero-order chi connectivity index (χ0) is 16.8. The number of nitrogens with zero attached hydrogens (tertiary/aromatic N) is 4. The highest BCUT2D eigenvalue weighted by Gasteiger charge is 2.24. The van der Waals surface area contributed by atoms with Crippen LogP contribution in [-0.4, -0.2) is 66.4 Å². The van der Waals surface area contributed by atoms with E-state index >= 15 is 0 Å². The summed E-state index contributed by atoms with van der Waals surface area (Å²) >= 11 is 0. The molecular weight excluding hydrogens is 308 g/mol. The van der Waals surface area contributed by atoms with E-state index in [2.05, 4.69) is 30.4 Å². The van der Waals surface area contributed by atoms with E-state index in [1.165, 1.54) is 0 Å². The Morgan fingerprint density at radius 1 is 1.58 bits per heavy atom. The van der Waals surface area contributed by atoms with Gasteiger partial charge in [-0.3, -0.25) is 10.1 Å². The summed E-state index contributed by atoms with van der Waals surface area (Å²) in [5, 5.41) is 10.5. The van der Waals surface area contributed by atoms with Gasteiger partial charge in [0.2, 0.25) is 5.82 Å². The highest BCUT2D eigenvalue weighted by molar-refractivity contribution is 5.80. The minimum absolute atomic E-state index is 0.582. The molecule has 1 aliphatic rings. The van der Waals surface area contributed by atoms with Gasteiger partial charge in [-0.05, 0) is 18.6 Å². The summed E-state index contributed by atoms with van der Waals surface area (Å²) in [6.07, 6.45) is 3.50. The van der Waals surface area contributed by atoms with E-state index in [1.54, 1.807) is 13.4 Å². The number of furan rings is 1. The third kappa shape index (κ3) is 3.94. The third-order valence-corrected chi connectivity index (χ3v) is 4.12. The average Bonchev–Trinajstić information content (AvgIpc) is 3.32. The van der Waals surface area contributed by atoms with Crippen molar-refractivity contribution in [3.8, 4) is 11.6 Å². The molecule has 2 aromatic heterocycles. The van der Waals surface area contributed by atoms with Gasteiger partial charge in [-0.15, -0.1) is 0 Å². The molecule has 1 fully saturated rings. The molecule has 0 bridgehead atoms. The van der Waals surface area contributed by atoms with Crippen LogP contribution < -0.4 is 5.32 Å². The fourth-order valence-electron chi connectivity index (χ4n) is 2.94. The molecule has 1 unspecified atom stereocenters. The number of aliphatic imine (C=N–C) groups is 1. The highest BCUT2D eigenvalue weighted by atomic mass is 16.5. The number of nitrogens with one attached hydrogen (secondary N) is 2. The SMILES string of the molecule is CN=C(NCCc1nc(-c2ccco2)n[nH]1)N1CCC(COC)C1. The van der Waals surface area contributed by atoms with E-state index in [0.717, 1.165) is 50.9 Å². The lowest BCUT2D eigenvalue weighted by atomic mass is 10.1. The van der Waals surface area contributed by atoms with Crippen molar-refractivity contribution in [2.24, 2.45) is 10.9 Å². The molecule has 8 heteroatoms. The highest BCUT2D eigenvalue weighted by Crippen LogP contribution is 2.16. The summed E-state index contributed by atoms with van der Waals surface area (Å²) in [7, 11) is 3.57. The standard InChI is InChI=1S/C16H24N6O2/c1-17-16(22-8-6-12(10-22)11-23-2)18-7-5-14-19-15(21-20-14)13-4-3-9-24-13/h3-4,9,12H,5-8,10-11H2,1-2H3,(H,17,18)(H,19,20,21). The van der Waals surface area contributed by atoms with Gasteiger partial charge in [0, 0.05) is 46.1 Å². The summed E-state index contributed by atoms with van der Waals surface area (Å²) in [6, 6.07) is 3.67. The predicted molar refractivity (Wildman–Crippen MR) is 90.7 cm³/mol. The van der Waals surface area contributed by atoms with Crippen LogP contribution in [0.1, 0.15) is 12.2 Å². The maximum absolute atomic E-state index is 5.29. The number of hydrogen-bond acceptors (Lipinski definition) is 5. The maximum atomic E-state index is 5.29. The second-order valence-corrected chi connectivity index (χ2v) is 5.86. The van der Waals surface area contributed by atoms with Crippen LogP contribution in [-0.2, 0) is 11.2 Å². The van der Waals surface area contributed by atoms with Crippen molar-refractivity contribution in [3.05, 3.63) is 24.2 Å². The van der Waals surface area contributed by atoms with E-state index in [9.17, 15) is 0 Å². The minimum atomic E-state index is 0.582. The van der Waals surface area contributed by atoms with Crippen LogP contribution in [0.5, 0.6) is 0 Å². The van der Waals surface area contributed by atoms with Crippen LogP contribution in [0, 0.1) is 5.92 Å². The number of rotatable bonds is 6. The normalized spacial score (nSPS) is 18.3. The topological polar surface area (TPSA) is 91.6 Å². The second kappa shape index (κ2) is 7.96. The molecule has 1 aliphatic heterocycles. The van der Waals surface area contributed by atoms with Gasteiger partial charge in [0.15, 0.2) is 11.7 Å². The molecule has 0 spiro atoms. The Labute approximate surface area is 141 Å². The van der Waals surface area contributed by atoms with E-state index in [4.69, 9.17) is 9.15 Å². The van der Waals surface area contributed by atoms with Crippen molar-refractivity contribution < 1.29 is 9.15 Å². The maximum Gasteiger partial charge on any atom is 0.216 e. The van der Waals surface area contributed by atoms with Gasteiger partial charge < -0.3 is 19.4 Å². The number of methoxy groups -OCH3 is 1. The molecule has 0 saturated carbocycles. The Morgan fingerprint density at radius 3 is 3.25 bits per heavy atom. The van der Waals surface area contributed by atoms with E-state index in [0.29, 0.717) is 17.5 Å². The summed E-state index contributed by atoms with van der Waals surface area (Å²) in [5.41, 5.74) is 0. The number of guanidine groups is 1. The zero-order valence-corrected chi connectivity index (χ0v) is 14.2. The summed E-state index contributed by atoms with van der Waals surface area (Å²) in [6.45, 7) is 3.54. The Bertz CT molecular complexity index is 651. The van der Waals surface area contributed by atoms with Gasteiger partial charge in [0.05, 0.1) is 12.9 Å². The summed E-state index contributed by atoms with van der Waals surface area (Å²) in [4.78, 5) is 11.1. The first-order valence-corrected chi connectivity index (χ1v) is 8.20. The van der Waals surface area contributed by atoms with E-state index in [-0.39, 0.29) is 0 Å². The lowest BCUT2D eigenvalue weighted by Gasteiger charge is -2.21. The summed E-state index contributed by atoms with van der Waals surface area (Å²) in [5.74, 6) is 3.59. The average molecular weight is 332 g/mol. The molecule has 1 atom stereocenters. The van der Waals surface area contributed by atoms with Crippen LogP contribution in [0.25, 0.3) is 11.6 Å². The molecule has 0 aliphatic carbocycles. The molecule has 3 heterocycles. The van der Waals surface area contributed by atoms with Crippen molar-refractivity contribution >= 4 is 5.96 Å². The van der Waals surface area contributed by atoms with Crippen LogP contribution in [0.4, 0.5) is 0 Å². The van der Waals surface area contributed by atoms with E-state index in [1.807, 2.05) is 19.2 Å². The molecule has 2 aromatic rings. The lowest BCUT2D eigenvalue weighted by Crippen LogP contribution is -2.41. The van der Waals surface area contributed by atoms with Crippen molar-refractivity contribution in [2.45, 2.75) is 12.8 Å². The first-order valence-electron chi connectivity index (χ1n) is 8.20. The number of hydrogen-bond donors (Lipinski definition) is 2. The smallest absolute Gasteiger partial charge is 0.216 e. The molecule has 0 amide bonds. The first kappa shape index (κ1) is 16.5. The monoisotopic (exact) mass is 332 g/mol. The quantitative estimate of drug-likeness (QED) is 0.609. The van der Waals surface area contributed by atoms with Gasteiger partial charge in [-0.2, -0.15) is 5.10 Å². The Kier molecular flexibility index (Phi) is 5.47. The van der Waals surface area contributed by atoms with Crippen molar-refractivity contribution in [3.63, 3.8) is 0 Å². The van der Waals surface area contributed by atoms with Crippen LogP contribution in [0.15, 0.2) is 27.8 Å².